The Labute approximate surface area is 193 Å². The molecule has 0 aromatic heterocycles. The van der Waals surface area contributed by atoms with Crippen LogP contribution in [0, 0.1) is 11.2 Å². The fourth-order valence-corrected chi connectivity index (χ4v) is 5.38. The van der Waals surface area contributed by atoms with Crippen molar-refractivity contribution in [3.63, 3.8) is 0 Å². The molecule has 1 saturated heterocycles. The molecule has 1 saturated carbocycles. The summed E-state index contributed by atoms with van der Waals surface area (Å²) in [5.74, 6) is -0.238. The molecule has 170 valence electrons. The van der Waals surface area contributed by atoms with Gasteiger partial charge in [-0.2, -0.15) is 0 Å². The summed E-state index contributed by atoms with van der Waals surface area (Å²) in [7, 11) is 0. The number of hydrogen-bond donors (Lipinski definition) is 2. The summed E-state index contributed by atoms with van der Waals surface area (Å²) in [6, 6.07) is 11.0. The van der Waals surface area contributed by atoms with E-state index in [2.05, 4.69) is 28.8 Å². The van der Waals surface area contributed by atoms with Crippen LogP contribution in [0.3, 0.4) is 0 Å². The Morgan fingerprint density at radius 3 is 2.72 bits per heavy atom. The Morgan fingerprint density at radius 2 is 1.97 bits per heavy atom. The second-order valence-electron chi connectivity index (χ2n) is 9.67. The summed E-state index contributed by atoms with van der Waals surface area (Å²) in [5, 5.41) is 4.15. The molecule has 0 spiro atoms. The second-order valence-corrected chi connectivity index (χ2v) is 10.8. The van der Waals surface area contributed by atoms with Crippen molar-refractivity contribution in [2.75, 3.05) is 36.5 Å². The van der Waals surface area contributed by atoms with Gasteiger partial charge in [0.15, 0.2) is 0 Å². The first-order valence-electron chi connectivity index (χ1n) is 11.4. The van der Waals surface area contributed by atoms with Gasteiger partial charge in [-0.3, -0.25) is 9.52 Å². The molecule has 3 aliphatic rings. The number of benzene rings is 2. The van der Waals surface area contributed by atoms with E-state index in [0.717, 1.165) is 36.4 Å². The lowest BCUT2D eigenvalue weighted by Crippen LogP contribution is -2.37. The number of halogens is 1. The molecule has 5 nitrogen and oxygen atoms in total. The fourth-order valence-electron chi connectivity index (χ4n) is 4.62. The summed E-state index contributed by atoms with van der Waals surface area (Å²) in [6.07, 6.45) is 3.12. The molecular formula is C25H30FN3O2S. The van der Waals surface area contributed by atoms with Crippen molar-refractivity contribution in [3.8, 4) is 0 Å². The lowest BCUT2D eigenvalue weighted by atomic mass is 9.72. The molecule has 5 rings (SSSR count). The summed E-state index contributed by atoms with van der Waals surface area (Å²) in [5.41, 5.74) is 4.24. The Morgan fingerprint density at radius 1 is 1.19 bits per heavy atom. The van der Waals surface area contributed by atoms with Gasteiger partial charge in [0.1, 0.15) is 5.82 Å². The number of fused-ring (bicyclic) bond motifs is 1. The molecule has 32 heavy (non-hydrogen) atoms. The van der Waals surface area contributed by atoms with Gasteiger partial charge < -0.3 is 15.0 Å². The van der Waals surface area contributed by atoms with E-state index in [-0.39, 0.29) is 23.2 Å². The lowest BCUT2D eigenvalue weighted by Gasteiger charge is -2.42. The van der Waals surface area contributed by atoms with E-state index >= 15 is 4.39 Å². The summed E-state index contributed by atoms with van der Waals surface area (Å²) < 4.78 is 23.5. The molecule has 1 amide bonds. The smallest absolute Gasteiger partial charge is 0.261 e. The third kappa shape index (κ3) is 4.46. The molecule has 1 atom stereocenters. The normalized spacial score (nSPS) is 22.1. The molecule has 2 aromatic carbocycles. The van der Waals surface area contributed by atoms with Crippen LogP contribution in [0.4, 0.5) is 15.8 Å². The summed E-state index contributed by atoms with van der Waals surface area (Å²) in [6.45, 7) is 7.34. The first-order valence-corrected chi connectivity index (χ1v) is 12.3. The number of anilines is 2. The van der Waals surface area contributed by atoms with Crippen molar-refractivity contribution < 1.29 is 13.9 Å². The maximum atomic E-state index is 15.0. The lowest BCUT2D eigenvalue weighted by molar-refractivity contribution is 0.0984. The highest BCUT2D eigenvalue weighted by molar-refractivity contribution is 7.98. The monoisotopic (exact) mass is 455 g/mol. The number of carbonyl (C=O) groups is 1. The molecule has 0 radical (unpaired) electrons. The Balaban J connectivity index is 1.39. The number of nitrogens with zero attached hydrogens (tertiary/aromatic N) is 1. The van der Waals surface area contributed by atoms with Gasteiger partial charge in [-0.05, 0) is 78.6 Å². The van der Waals surface area contributed by atoms with Crippen molar-refractivity contribution in [3.05, 3.63) is 58.9 Å². The highest BCUT2D eigenvalue weighted by Gasteiger charge is 2.38. The largest absolute Gasteiger partial charge is 0.378 e. The van der Waals surface area contributed by atoms with Gasteiger partial charge in [0, 0.05) is 40.8 Å². The molecule has 0 bridgehead atoms. The van der Waals surface area contributed by atoms with E-state index in [1.165, 1.54) is 24.8 Å². The number of rotatable bonds is 5. The van der Waals surface area contributed by atoms with Crippen LogP contribution in [-0.4, -0.2) is 37.5 Å². The molecule has 2 heterocycles. The van der Waals surface area contributed by atoms with Crippen LogP contribution in [-0.2, 0) is 11.2 Å². The minimum atomic E-state index is -0.227. The number of nitrogens with one attached hydrogen (secondary N) is 2. The number of carbonyl (C=O) groups excluding carboxylic acids is 1. The quantitative estimate of drug-likeness (QED) is 0.626. The van der Waals surface area contributed by atoms with Crippen LogP contribution in [0.5, 0.6) is 0 Å². The molecule has 2 aromatic rings. The van der Waals surface area contributed by atoms with Gasteiger partial charge in [-0.25, -0.2) is 4.39 Å². The van der Waals surface area contributed by atoms with Gasteiger partial charge >= 0.3 is 0 Å². The zero-order chi connectivity index (χ0) is 22.3. The predicted octanol–water partition coefficient (Wildman–Crippen LogP) is 4.94. The molecule has 2 aliphatic heterocycles. The molecule has 2 fully saturated rings. The average molecular weight is 456 g/mol. The average Bonchev–Trinajstić information content (AvgIpc) is 3.62. The van der Waals surface area contributed by atoms with Crippen LogP contribution in [0.15, 0.2) is 36.4 Å². The fraction of sp³-hybridized carbons (Fsp3) is 0.480. The first kappa shape index (κ1) is 21.6. The SMILES string of the molecule is CC1(C)Cc2cc(C(=O)NSC3CC3)ccc2NC1c1cc(N2CCOCC2)ccc1F. The first-order chi connectivity index (χ1) is 15.4. The van der Waals surface area contributed by atoms with Crippen LogP contribution < -0.4 is 14.9 Å². The second kappa shape index (κ2) is 8.60. The van der Waals surface area contributed by atoms with Crippen molar-refractivity contribution in [2.45, 2.75) is 44.4 Å². The Bertz CT molecular complexity index is 1020. The van der Waals surface area contributed by atoms with Crippen LogP contribution in [0.1, 0.15) is 54.2 Å². The standard InChI is InChI=1S/C25H30FN3O2S/c1-25(2)15-17-13-16(24(30)28-32-19-5-6-19)3-8-22(17)27-23(25)20-14-18(4-7-21(20)26)29-9-11-31-12-10-29/h3-4,7-8,13-14,19,23,27H,5-6,9-12,15H2,1-2H3,(H,28,30). The van der Waals surface area contributed by atoms with Crippen molar-refractivity contribution in [1.29, 1.82) is 0 Å². The number of morpholine rings is 1. The Kier molecular flexibility index (Phi) is 5.80. The van der Waals surface area contributed by atoms with Crippen LogP contribution in [0.25, 0.3) is 0 Å². The molecular weight excluding hydrogens is 425 g/mol. The van der Waals surface area contributed by atoms with E-state index in [1.54, 1.807) is 6.07 Å². The van der Waals surface area contributed by atoms with E-state index in [4.69, 9.17) is 4.74 Å². The summed E-state index contributed by atoms with van der Waals surface area (Å²) >= 11 is 1.53. The highest BCUT2D eigenvalue weighted by atomic mass is 32.2. The van der Waals surface area contributed by atoms with Gasteiger partial charge in [0.25, 0.3) is 5.91 Å². The molecule has 7 heteroatoms. The van der Waals surface area contributed by atoms with E-state index in [9.17, 15) is 4.79 Å². The van der Waals surface area contributed by atoms with Crippen LogP contribution >= 0.6 is 11.9 Å². The van der Waals surface area contributed by atoms with Crippen LogP contribution in [0.2, 0.25) is 0 Å². The third-order valence-electron chi connectivity index (χ3n) is 6.60. The van der Waals surface area contributed by atoms with E-state index in [1.807, 2.05) is 30.3 Å². The Hall–Kier alpha value is -2.25. The van der Waals surface area contributed by atoms with Gasteiger partial charge in [0.2, 0.25) is 0 Å². The van der Waals surface area contributed by atoms with Gasteiger partial charge in [0.05, 0.1) is 19.3 Å². The number of hydrogen-bond acceptors (Lipinski definition) is 5. The maximum absolute atomic E-state index is 15.0. The number of amides is 1. The third-order valence-corrected chi connectivity index (χ3v) is 7.71. The molecule has 1 unspecified atom stereocenters. The topological polar surface area (TPSA) is 53.6 Å². The van der Waals surface area contributed by atoms with Crippen molar-refractivity contribution >= 4 is 29.2 Å². The molecule has 2 N–H and O–H groups in total. The summed E-state index contributed by atoms with van der Waals surface area (Å²) in [4.78, 5) is 14.8. The minimum absolute atomic E-state index is 0.0473. The van der Waals surface area contributed by atoms with Gasteiger partial charge in [-0.1, -0.05) is 13.8 Å². The number of ether oxygens (including phenoxy) is 1. The van der Waals surface area contributed by atoms with E-state index < -0.39 is 0 Å². The zero-order valence-electron chi connectivity index (χ0n) is 18.6. The molecule has 1 aliphatic carbocycles. The minimum Gasteiger partial charge on any atom is -0.378 e. The van der Waals surface area contributed by atoms with Gasteiger partial charge in [-0.15, -0.1) is 0 Å². The highest BCUT2D eigenvalue weighted by Crippen LogP contribution is 2.46. The zero-order valence-corrected chi connectivity index (χ0v) is 19.4. The van der Waals surface area contributed by atoms with Crippen molar-refractivity contribution in [1.82, 2.24) is 4.72 Å². The predicted molar refractivity (Wildman–Crippen MR) is 128 cm³/mol. The van der Waals surface area contributed by atoms with Crippen molar-refractivity contribution in [2.24, 2.45) is 5.41 Å². The van der Waals surface area contributed by atoms with E-state index in [0.29, 0.717) is 29.6 Å². The maximum Gasteiger partial charge on any atom is 0.261 e.